The van der Waals surface area contributed by atoms with Crippen molar-refractivity contribution >= 4 is 56.9 Å². The highest BCUT2D eigenvalue weighted by Gasteiger charge is 2.28. The molecule has 5 aromatic rings. The first-order valence-electron chi connectivity index (χ1n) is 14.2. The molecule has 1 N–H and O–H groups in total. The molecule has 1 saturated heterocycles. The van der Waals surface area contributed by atoms with Crippen LogP contribution in [0.2, 0.25) is 5.02 Å². The molecule has 0 atom stereocenters. The number of hydrogen-bond acceptors (Lipinski definition) is 8. The molecule has 6 rings (SSSR count). The zero-order chi connectivity index (χ0) is 30.1. The van der Waals surface area contributed by atoms with Crippen LogP contribution < -0.4 is 4.90 Å². The molecule has 220 valence electrons. The van der Waals surface area contributed by atoms with E-state index < -0.39 is 5.97 Å². The van der Waals surface area contributed by atoms with Gasteiger partial charge in [0.05, 0.1) is 36.2 Å². The number of hydrogen-bond donors (Lipinski definition) is 1. The summed E-state index contributed by atoms with van der Waals surface area (Å²) in [5.41, 5.74) is 2.59. The average molecular weight is 601 g/mol. The fraction of sp³-hybridized carbons (Fsp3) is 0.281. The molecule has 11 heteroatoms. The monoisotopic (exact) mass is 600 g/mol. The summed E-state index contributed by atoms with van der Waals surface area (Å²) in [5, 5.41) is 11.0. The maximum absolute atomic E-state index is 13.1. The van der Waals surface area contributed by atoms with Crippen LogP contribution in [0.15, 0.2) is 65.4 Å². The molecule has 0 spiro atoms. The SMILES string of the molecule is CCOC(=O)C1CCN(c2nc(-n3cc(C(=O)CCC(=O)O)c4cc(Cl)ccc43)nc3ccc(-c4ccco4)cc23)CC1. The number of nitrogens with zero attached hydrogens (tertiary/aromatic N) is 4. The van der Waals surface area contributed by atoms with Gasteiger partial charge >= 0.3 is 11.9 Å². The lowest BCUT2D eigenvalue weighted by atomic mass is 9.96. The fourth-order valence-electron chi connectivity index (χ4n) is 5.58. The van der Waals surface area contributed by atoms with E-state index in [9.17, 15) is 14.4 Å². The molecule has 0 aliphatic carbocycles. The van der Waals surface area contributed by atoms with Crippen LogP contribution in [-0.2, 0) is 14.3 Å². The highest BCUT2D eigenvalue weighted by Crippen LogP contribution is 2.34. The van der Waals surface area contributed by atoms with E-state index >= 15 is 0 Å². The van der Waals surface area contributed by atoms with Gasteiger partial charge in [-0.3, -0.25) is 19.0 Å². The van der Waals surface area contributed by atoms with Gasteiger partial charge in [-0.25, -0.2) is 4.98 Å². The van der Waals surface area contributed by atoms with E-state index in [1.54, 1.807) is 35.2 Å². The quantitative estimate of drug-likeness (QED) is 0.153. The van der Waals surface area contributed by atoms with Crippen molar-refractivity contribution in [1.29, 1.82) is 0 Å². The number of carbonyl (C=O) groups is 3. The van der Waals surface area contributed by atoms with Gasteiger partial charge in [0.1, 0.15) is 11.6 Å². The number of furan rings is 1. The Labute approximate surface area is 251 Å². The highest BCUT2D eigenvalue weighted by atomic mass is 35.5. The number of ketones is 1. The molecule has 43 heavy (non-hydrogen) atoms. The zero-order valence-electron chi connectivity index (χ0n) is 23.5. The fourth-order valence-corrected chi connectivity index (χ4v) is 5.75. The molecule has 1 aliphatic heterocycles. The van der Waals surface area contributed by atoms with Gasteiger partial charge < -0.3 is 19.2 Å². The predicted octanol–water partition coefficient (Wildman–Crippen LogP) is 6.31. The van der Waals surface area contributed by atoms with Crippen molar-refractivity contribution in [1.82, 2.24) is 14.5 Å². The third-order valence-corrected chi connectivity index (χ3v) is 7.97. The highest BCUT2D eigenvalue weighted by molar-refractivity contribution is 6.31. The van der Waals surface area contributed by atoms with Crippen molar-refractivity contribution < 1.29 is 28.6 Å². The number of benzene rings is 2. The number of Topliss-reactive ketones (excluding diaryl/α,β-unsaturated/α-hetero) is 1. The number of anilines is 1. The first-order valence-corrected chi connectivity index (χ1v) is 14.5. The Balaban J connectivity index is 1.47. The number of carboxylic acid groups (broad SMARTS) is 1. The molecule has 3 aromatic heterocycles. The molecule has 0 amide bonds. The van der Waals surface area contributed by atoms with E-state index in [1.165, 1.54) is 0 Å². The summed E-state index contributed by atoms with van der Waals surface area (Å²) < 4.78 is 12.6. The van der Waals surface area contributed by atoms with Gasteiger partial charge in [-0.1, -0.05) is 11.6 Å². The molecule has 10 nitrogen and oxygen atoms in total. The van der Waals surface area contributed by atoms with Crippen LogP contribution in [0.4, 0.5) is 5.82 Å². The Hall–Kier alpha value is -4.70. The Morgan fingerprint density at radius 1 is 1.05 bits per heavy atom. The summed E-state index contributed by atoms with van der Waals surface area (Å²) >= 11 is 6.30. The molecule has 1 aliphatic rings. The van der Waals surface area contributed by atoms with Crippen molar-refractivity contribution in [3.63, 3.8) is 0 Å². The molecular formula is C32H29ClN4O6. The third kappa shape index (κ3) is 5.70. The van der Waals surface area contributed by atoms with Gasteiger partial charge in [0.2, 0.25) is 5.95 Å². The van der Waals surface area contributed by atoms with Crippen LogP contribution in [0, 0.1) is 5.92 Å². The molecule has 0 saturated carbocycles. The molecule has 0 bridgehead atoms. The van der Waals surface area contributed by atoms with E-state index in [0.29, 0.717) is 71.3 Å². The number of halogens is 1. The van der Waals surface area contributed by atoms with Crippen LogP contribution in [-0.4, -0.2) is 57.1 Å². The van der Waals surface area contributed by atoms with Crippen LogP contribution in [0.3, 0.4) is 0 Å². The number of aliphatic carboxylic acids is 1. The number of esters is 1. The van der Waals surface area contributed by atoms with Crippen molar-refractivity contribution in [2.45, 2.75) is 32.6 Å². The Morgan fingerprint density at radius 3 is 2.58 bits per heavy atom. The average Bonchev–Trinajstić information content (AvgIpc) is 3.68. The second-order valence-electron chi connectivity index (χ2n) is 10.5. The minimum Gasteiger partial charge on any atom is -0.481 e. The summed E-state index contributed by atoms with van der Waals surface area (Å²) in [6, 6.07) is 14.8. The van der Waals surface area contributed by atoms with Crippen LogP contribution in [0.5, 0.6) is 0 Å². The number of carboxylic acids is 1. The lowest BCUT2D eigenvalue weighted by molar-refractivity contribution is -0.148. The molecule has 4 heterocycles. The largest absolute Gasteiger partial charge is 0.481 e. The first-order chi connectivity index (χ1) is 20.8. The summed E-state index contributed by atoms with van der Waals surface area (Å²) in [5.74, 6) is 0.0799. The predicted molar refractivity (Wildman–Crippen MR) is 162 cm³/mol. The van der Waals surface area contributed by atoms with Gasteiger partial charge in [-0.05, 0) is 68.3 Å². The van der Waals surface area contributed by atoms with Crippen molar-refractivity contribution in [3.05, 3.63) is 71.6 Å². The minimum absolute atomic E-state index is 0.143. The van der Waals surface area contributed by atoms with Crippen molar-refractivity contribution in [3.8, 4) is 17.3 Å². The Bertz CT molecular complexity index is 1840. The molecule has 0 unspecified atom stereocenters. The number of ether oxygens (including phenoxy) is 1. The van der Waals surface area contributed by atoms with E-state index in [-0.39, 0.29) is 30.5 Å². The van der Waals surface area contributed by atoms with E-state index in [0.717, 1.165) is 16.7 Å². The Kier molecular flexibility index (Phi) is 7.86. The maximum Gasteiger partial charge on any atom is 0.309 e. The van der Waals surface area contributed by atoms with Gasteiger partial charge in [-0.2, -0.15) is 4.98 Å². The standard InChI is InChI=1S/C32H29ClN4O6/c1-2-42-31(41)19-11-13-36(14-12-19)30-23-16-20(28-4-3-15-43-28)5-7-25(23)34-32(35-30)37-18-24(27(38)9-10-29(39)40)22-17-21(33)6-8-26(22)37/h3-8,15-19H,2,9-14H2,1H3,(H,39,40). The number of rotatable bonds is 9. The summed E-state index contributed by atoms with van der Waals surface area (Å²) in [6.07, 6.45) is 4.12. The minimum atomic E-state index is -1.04. The van der Waals surface area contributed by atoms with Crippen LogP contribution in [0.1, 0.15) is 43.0 Å². The van der Waals surface area contributed by atoms with Crippen LogP contribution in [0.25, 0.3) is 39.1 Å². The zero-order valence-corrected chi connectivity index (χ0v) is 24.2. The molecule has 0 radical (unpaired) electrons. The second kappa shape index (κ2) is 11.9. The number of fused-ring (bicyclic) bond motifs is 2. The van der Waals surface area contributed by atoms with Crippen molar-refractivity contribution in [2.24, 2.45) is 5.92 Å². The first kappa shape index (κ1) is 28.4. The van der Waals surface area contributed by atoms with Gasteiger partial charge in [-0.15, -0.1) is 0 Å². The summed E-state index contributed by atoms with van der Waals surface area (Å²) in [7, 11) is 0. The van der Waals surface area contributed by atoms with E-state index in [2.05, 4.69) is 4.90 Å². The number of piperidine rings is 1. The summed E-state index contributed by atoms with van der Waals surface area (Å²) in [6.45, 7) is 3.36. The molecule has 1 fully saturated rings. The van der Waals surface area contributed by atoms with E-state index in [1.807, 2.05) is 37.3 Å². The van der Waals surface area contributed by atoms with Crippen LogP contribution >= 0.6 is 11.6 Å². The molecule has 2 aromatic carbocycles. The maximum atomic E-state index is 13.1. The smallest absolute Gasteiger partial charge is 0.309 e. The number of carbonyl (C=O) groups excluding carboxylic acids is 2. The van der Waals surface area contributed by atoms with Gasteiger partial charge in [0, 0.05) is 52.6 Å². The van der Waals surface area contributed by atoms with Crippen molar-refractivity contribution in [2.75, 3.05) is 24.6 Å². The van der Waals surface area contributed by atoms with E-state index in [4.69, 9.17) is 35.8 Å². The normalized spacial score (nSPS) is 14.0. The number of aromatic nitrogens is 3. The second-order valence-corrected chi connectivity index (χ2v) is 10.9. The topological polar surface area (TPSA) is 128 Å². The van der Waals surface area contributed by atoms with Gasteiger partial charge in [0.15, 0.2) is 5.78 Å². The summed E-state index contributed by atoms with van der Waals surface area (Å²) in [4.78, 5) is 48.7. The lowest BCUT2D eigenvalue weighted by Gasteiger charge is -2.32. The molecular weight excluding hydrogens is 572 g/mol. The Morgan fingerprint density at radius 2 is 1.86 bits per heavy atom. The van der Waals surface area contributed by atoms with Gasteiger partial charge in [0.25, 0.3) is 0 Å². The lowest BCUT2D eigenvalue weighted by Crippen LogP contribution is -2.37. The third-order valence-electron chi connectivity index (χ3n) is 7.73.